The summed E-state index contributed by atoms with van der Waals surface area (Å²) < 4.78 is 26.2. The number of nitrogens with zero attached hydrogens (tertiary/aromatic N) is 1. The van der Waals surface area contributed by atoms with Crippen molar-refractivity contribution in [3.8, 4) is 0 Å². The topological polar surface area (TPSA) is 117 Å². The van der Waals surface area contributed by atoms with Crippen molar-refractivity contribution >= 4 is 16.0 Å². The first kappa shape index (κ1) is 12.1. The lowest BCUT2D eigenvalue weighted by molar-refractivity contribution is 0.315. The van der Waals surface area contributed by atoms with E-state index in [0.29, 0.717) is 6.42 Å². The Kier molecular flexibility index (Phi) is 4.67. The van der Waals surface area contributed by atoms with Crippen LogP contribution in [0.15, 0.2) is 5.16 Å². The molecule has 13 heavy (non-hydrogen) atoms. The van der Waals surface area contributed by atoms with Crippen LogP contribution in [0.3, 0.4) is 0 Å². The minimum absolute atomic E-state index is 0.165. The summed E-state index contributed by atoms with van der Waals surface area (Å²) in [6.45, 7) is 1.71. The van der Waals surface area contributed by atoms with Gasteiger partial charge in [0.25, 0.3) is 10.2 Å². The first-order valence-corrected chi connectivity index (χ1v) is 5.13. The molecule has 0 rings (SSSR count). The summed E-state index contributed by atoms with van der Waals surface area (Å²) in [5.74, 6) is -0.165. The third kappa shape index (κ3) is 4.06. The molecule has 7 nitrogen and oxygen atoms in total. The number of oxime groups is 1. The first-order valence-electron chi connectivity index (χ1n) is 3.65. The number of hydrogen-bond acceptors (Lipinski definition) is 4. The van der Waals surface area contributed by atoms with Crippen molar-refractivity contribution in [3.05, 3.63) is 0 Å². The Morgan fingerprint density at radius 1 is 1.69 bits per heavy atom. The van der Waals surface area contributed by atoms with E-state index in [1.54, 1.807) is 6.92 Å². The molecular formula is C5H14N4O3S. The number of rotatable bonds is 5. The van der Waals surface area contributed by atoms with Gasteiger partial charge in [-0.15, -0.1) is 0 Å². The van der Waals surface area contributed by atoms with Crippen molar-refractivity contribution in [2.75, 3.05) is 7.05 Å². The van der Waals surface area contributed by atoms with Gasteiger partial charge in [-0.25, -0.2) is 4.72 Å². The van der Waals surface area contributed by atoms with Crippen molar-refractivity contribution in [1.29, 1.82) is 0 Å². The maximum absolute atomic E-state index is 11.0. The normalized spacial score (nSPS) is 15.7. The largest absolute Gasteiger partial charge is 0.409 e. The highest BCUT2D eigenvalue weighted by molar-refractivity contribution is 7.87. The highest BCUT2D eigenvalue weighted by Gasteiger charge is 2.17. The summed E-state index contributed by atoms with van der Waals surface area (Å²) in [7, 11) is -2.29. The summed E-state index contributed by atoms with van der Waals surface area (Å²) in [6, 6.07) is -0.692. The average Bonchev–Trinajstić information content (AvgIpc) is 2.13. The molecular weight excluding hydrogens is 196 g/mol. The van der Waals surface area contributed by atoms with Gasteiger partial charge in [0.2, 0.25) is 0 Å². The van der Waals surface area contributed by atoms with Crippen molar-refractivity contribution in [2.45, 2.75) is 19.4 Å². The maximum atomic E-state index is 11.0. The zero-order valence-corrected chi connectivity index (χ0v) is 8.30. The predicted molar refractivity (Wildman–Crippen MR) is 48.6 cm³/mol. The quantitative estimate of drug-likeness (QED) is 0.192. The molecule has 0 aromatic carbocycles. The fourth-order valence-electron chi connectivity index (χ4n) is 0.669. The first-order chi connectivity index (χ1) is 5.96. The predicted octanol–water partition coefficient (Wildman–Crippen LogP) is -1.43. The van der Waals surface area contributed by atoms with Crippen molar-refractivity contribution in [2.24, 2.45) is 10.9 Å². The maximum Gasteiger partial charge on any atom is 0.277 e. The molecule has 0 heterocycles. The van der Waals surface area contributed by atoms with Gasteiger partial charge in [-0.05, 0) is 6.42 Å². The highest BCUT2D eigenvalue weighted by Crippen LogP contribution is 1.92. The van der Waals surface area contributed by atoms with Crippen LogP contribution >= 0.6 is 0 Å². The second-order valence-electron chi connectivity index (χ2n) is 2.31. The van der Waals surface area contributed by atoms with Crippen LogP contribution in [0.4, 0.5) is 0 Å². The number of amidine groups is 1. The molecule has 0 saturated heterocycles. The van der Waals surface area contributed by atoms with E-state index in [1.807, 2.05) is 0 Å². The SMILES string of the molecule is CCC(NS(=O)(=O)NC)C(N)=NO. The molecule has 0 aliphatic heterocycles. The molecule has 0 spiro atoms. The molecule has 78 valence electrons. The van der Waals surface area contributed by atoms with E-state index in [0.717, 1.165) is 0 Å². The average molecular weight is 210 g/mol. The van der Waals surface area contributed by atoms with Crippen LogP contribution < -0.4 is 15.2 Å². The summed E-state index contributed by atoms with van der Waals surface area (Å²) in [5, 5.41) is 11.0. The number of nitrogens with one attached hydrogen (secondary N) is 2. The monoisotopic (exact) mass is 210 g/mol. The van der Waals surface area contributed by atoms with E-state index in [1.165, 1.54) is 7.05 Å². The van der Waals surface area contributed by atoms with Gasteiger partial charge in [0.15, 0.2) is 5.84 Å². The molecule has 0 amide bonds. The third-order valence-electron chi connectivity index (χ3n) is 1.45. The standard InChI is InChI=1S/C5H14N4O3S/c1-3-4(5(6)8-10)9-13(11,12)7-2/h4,7,9-10H,3H2,1-2H3,(H2,6,8). The number of nitrogens with two attached hydrogens (primary N) is 1. The van der Waals surface area contributed by atoms with Crippen molar-refractivity contribution in [3.63, 3.8) is 0 Å². The zero-order valence-electron chi connectivity index (χ0n) is 7.48. The van der Waals surface area contributed by atoms with Crippen LogP contribution in [0, 0.1) is 0 Å². The Balaban J connectivity index is 4.48. The minimum Gasteiger partial charge on any atom is -0.409 e. The fourth-order valence-corrected chi connectivity index (χ4v) is 1.45. The van der Waals surface area contributed by atoms with Gasteiger partial charge in [-0.1, -0.05) is 12.1 Å². The van der Waals surface area contributed by atoms with Crippen molar-refractivity contribution < 1.29 is 13.6 Å². The molecule has 0 aliphatic rings. The van der Waals surface area contributed by atoms with Gasteiger partial charge in [0, 0.05) is 7.05 Å². The van der Waals surface area contributed by atoms with Crippen LogP contribution in [0.5, 0.6) is 0 Å². The van der Waals surface area contributed by atoms with E-state index in [9.17, 15) is 8.42 Å². The Morgan fingerprint density at radius 2 is 2.23 bits per heavy atom. The summed E-state index contributed by atoms with van der Waals surface area (Å²) >= 11 is 0. The minimum atomic E-state index is -3.56. The Bertz CT molecular complexity index is 274. The Hall–Kier alpha value is -0.860. The zero-order chi connectivity index (χ0) is 10.5. The smallest absolute Gasteiger partial charge is 0.277 e. The molecule has 1 unspecified atom stereocenters. The molecule has 0 aliphatic carbocycles. The van der Waals surface area contributed by atoms with E-state index in [4.69, 9.17) is 10.9 Å². The molecule has 8 heteroatoms. The van der Waals surface area contributed by atoms with Gasteiger partial charge < -0.3 is 10.9 Å². The molecule has 0 aromatic heterocycles. The highest BCUT2D eigenvalue weighted by atomic mass is 32.2. The third-order valence-corrected chi connectivity index (χ3v) is 2.58. The second-order valence-corrected chi connectivity index (χ2v) is 3.96. The molecule has 5 N–H and O–H groups in total. The second kappa shape index (κ2) is 5.00. The van der Waals surface area contributed by atoms with Crippen molar-refractivity contribution in [1.82, 2.24) is 9.44 Å². The van der Waals surface area contributed by atoms with Crippen LogP contribution in [-0.2, 0) is 10.2 Å². The molecule has 0 saturated carbocycles. The van der Waals surface area contributed by atoms with Crippen LogP contribution in [0.25, 0.3) is 0 Å². The van der Waals surface area contributed by atoms with E-state index < -0.39 is 16.3 Å². The molecule has 0 bridgehead atoms. The lowest BCUT2D eigenvalue weighted by Crippen LogP contribution is -2.47. The summed E-state index contributed by atoms with van der Waals surface area (Å²) in [6.07, 6.45) is 0.400. The molecule has 0 aromatic rings. The molecule has 1 atom stereocenters. The Labute approximate surface area is 77.2 Å². The van der Waals surface area contributed by atoms with Gasteiger partial charge >= 0.3 is 0 Å². The van der Waals surface area contributed by atoms with Crippen LogP contribution in [0.2, 0.25) is 0 Å². The summed E-state index contributed by atoms with van der Waals surface area (Å²) in [5.41, 5.74) is 5.23. The lowest BCUT2D eigenvalue weighted by Gasteiger charge is -2.14. The lowest BCUT2D eigenvalue weighted by atomic mass is 10.2. The Morgan fingerprint density at radius 3 is 2.54 bits per heavy atom. The van der Waals surface area contributed by atoms with E-state index in [-0.39, 0.29) is 5.84 Å². The van der Waals surface area contributed by atoms with E-state index >= 15 is 0 Å². The van der Waals surface area contributed by atoms with Crippen LogP contribution in [-0.4, -0.2) is 32.6 Å². The number of hydrogen-bond donors (Lipinski definition) is 4. The molecule has 0 radical (unpaired) electrons. The van der Waals surface area contributed by atoms with E-state index in [2.05, 4.69) is 14.6 Å². The van der Waals surface area contributed by atoms with Crippen LogP contribution in [0.1, 0.15) is 13.3 Å². The molecule has 0 fully saturated rings. The van der Waals surface area contributed by atoms with Gasteiger partial charge in [-0.3, -0.25) is 0 Å². The fraction of sp³-hybridized carbons (Fsp3) is 0.800. The summed E-state index contributed by atoms with van der Waals surface area (Å²) in [4.78, 5) is 0. The van der Waals surface area contributed by atoms with Gasteiger partial charge in [0.05, 0.1) is 6.04 Å². The van der Waals surface area contributed by atoms with Gasteiger partial charge in [0.1, 0.15) is 0 Å². The van der Waals surface area contributed by atoms with Gasteiger partial charge in [-0.2, -0.15) is 13.1 Å².